The molecule has 1 spiro atoms. The lowest BCUT2D eigenvalue weighted by Gasteiger charge is -2.46. The summed E-state index contributed by atoms with van der Waals surface area (Å²) in [7, 11) is 1.73. The molecule has 1 aromatic carbocycles. The number of aromatic amines is 1. The summed E-state index contributed by atoms with van der Waals surface area (Å²) in [6, 6.07) is 8.95. The number of H-pyrrole nitrogens is 1. The fraction of sp³-hybridized carbons (Fsp3) is 0.625. The highest BCUT2D eigenvalue weighted by Gasteiger charge is 2.47. The van der Waals surface area contributed by atoms with E-state index in [4.69, 9.17) is 4.74 Å². The lowest BCUT2D eigenvalue weighted by molar-refractivity contribution is -0.119. The van der Waals surface area contributed by atoms with E-state index in [0.717, 1.165) is 31.4 Å². The number of likely N-dealkylation sites (tertiary alicyclic amines) is 1. The molecule has 5 rings (SSSR count). The molecule has 3 fully saturated rings. The summed E-state index contributed by atoms with van der Waals surface area (Å²) in [6.07, 6.45) is 8.86. The van der Waals surface area contributed by atoms with E-state index in [-0.39, 0.29) is 11.5 Å². The molecule has 0 bridgehead atoms. The Balaban J connectivity index is 1.54. The molecule has 2 saturated heterocycles. The predicted octanol–water partition coefficient (Wildman–Crippen LogP) is 3.74. The molecular formula is C24H33N3O2. The molecule has 2 N–H and O–H groups in total. The summed E-state index contributed by atoms with van der Waals surface area (Å²) in [5.41, 5.74) is 3.73. The van der Waals surface area contributed by atoms with Crippen LogP contribution in [0.3, 0.4) is 0 Å². The van der Waals surface area contributed by atoms with Gasteiger partial charge >= 0.3 is 0 Å². The van der Waals surface area contributed by atoms with Crippen molar-refractivity contribution in [1.29, 1.82) is 0 Å². The monoisotopic (exact) mass is 395 g/mol. The highest BCUT2D eigenvalue weighted by atomic mass is 16.5. The van der Waals surface area contributed by atoms with Gasteiger partial charge in [0.1, 0.15) is 0 Å². The van der Waals surface area contributed by atoms with Gasteiger partial charge in [-0.3, -0.25) is 9.69 Å². The number of fused-ring (bicyclic) bond motifs is 1. The Labute approximate surface area is 173 Å². The van der Waals surface area contributed by atoms with Gasteiger partial charge in [0.15, 0.2) is 0 Å². The average Bonchev–Trinajstić information content (AvgIpc) is 3.49. The highest BCUT2D eigenvalue weighted by molar-refractivity contribution is 5.90. The van der Waals surface area contributed by atoms with Crippen LogP contribution in [0, 0.1) is 0 Å². The van der Waals surface area contributed by atoms with Crippen LogP contribution in [0.25, 0.3) is 10.9 Å². The number of likely N-dealkylation sites (N-methyl/N-ethyl adjacent to an activating group) is 1. The zero-order valence-corrected chi connectivity index (χ0v) is 17.5. The number of para-hydroxylation sites is 1. The number of hydrogen-bond acceptors (Lipinski definition) is 3. The van der Waals surface area contributed by atoms with Crippen molar-refractivity contribution >= 4 is 16.8 Å². The number of rotatable bonds is 4. The van der Waals surface area contributed by atoms with E-state index in [9.17, 15) is 4.79 Å². The van der Waals surface area contributed by atoms with E-state index >= 15 is 0 Å². The summed E-state index contributed by atoms with van der Waals surface area (Å²) in [5, 5.41) is 4.02. The zero-order chi connectivity index (χ0) is 19.8. The van der Waals surface area contributed by atoms with Crippen molar-refractivity contribution in [2.24, 2.45) is 0 Å². The summed E-state index contributed by atoms with van der Waals surface area (Å²) < 4.78 is 6.33. The third-order valence-corrected chi connectivity index (χ3v) is 7.58. The minimum absolute atomic E-state index is 0.0835. The van der Waals surface area contributed by atoms with Gasteiger partial charge in [-0.25, -0.2) is 0 Å². The molecule has 5 heteroatoms. The van der Waals surface area contributed by atoms with Crippen molar-refractivity contribution in [2.45, 2.75) is 68.9 Å². The van der Waals surface area contributed by atoms with E-state index in [0.29, 0.717) is 18.4 Å². The lowest BCUT2D eigenvalue weighted by Crippen LogP contribution is -2.48. The molecule has 3 atom stereocenters. The molecule has 3 heterocycles. The number of ether oxygens (including phenoxy) is 1. The van der Waals surface area contributed by atoms with E-state index in [1.807, 2.05) is 0 Å². The molecule has 0 radical (unpaired) electrons. The predicted molar refractivity (Wildman–Crippen MR) is 115 cm³/mol. The number of nitrogens with one attached hydrogen (secondary N) is 2. The number of hydrogen-bond donors (Lipinski definition) is 2. The number of benzene rings is 1. The van der Waals surface area contributed by atoms with Crippen LogP contribution < -0.4 is 5.32 Å². The molecule has 1 saturated carbocycles. The van der Waals surface area contributed by atoms with Crippen molar-refractivity contribution in [3.63, 3.8) is 0 Å². The van der Waals surface area contributed by atoms with Gasteiger partial charge in [-0.15, -0.1) is 0 Å². The van der Waals surface area contributed by atoms with Crippen molar-refractivity contribution < 1.29 is 9.53 Å². The van der Waals surface area contributed by atoms with Crippen LogP contribution in [0.5, 0.6) is 0 Å². The van der Waals surface area contributed by atoms with Crippen LogP contribution >= 0.6 is 0 Å². The quantitative estimate of drug-likeness (QED) is 0.829. The molecule has 2 aliphatic heterocycles. The SMILES string of the molecule is CNC(=O)Cc1c(C2CCC3(CCCO3)CC2N2CCCC2)[nH]c2ccccc12. The van der Waals surface area contributed by atoms with Crippen LogP contribution in [0.1, 0.15) is 62.1 Å². The van der Waals surface area contributed by atoms with E-state index in [2.05, 4.69) is 39.5 Å². The first-order chi connectivity index (χ1) is 14.2. The van der Waals surface area contributed by atoms with E-state index in [1.165, 1.54) is 55.4 Å². The lowest BCUT2D eigenvalue weighted by atomic mass is 9.71. The first-order valence-electron chi connectivity index (χ1n) is 11.4. The molecule has 5 nitrogen and oxygen atoms in total. The molecule has 1 amide bonds. The largest absolute Gasteiger partial charge is 0.375 e. The van der Waals surface area contributed by atoms with Gasteiger partial charge in [0.05, 0.1) is 12.0 Å². The minimum Gasteiger partial charge on any atom is -0.375 e. The van der Waals surface area contributed by atoms with Crippen molar-refractivity contribution in [1.82, 2.24) is 15.2 Å². The standard InChI is InChI=1S/C24H33N3O2/c1-25-22(28)15-19-17-7-2-3-8-20(17)26-23(19)18-9-11-24(10-6-14-29-24)16-21(18)27-12-4-5-13-27/h2-3,7-8,18,21,26H,4-6,9-16H2,1H3,(H,25,28). The molecule has 29 heavy (non-hydrogen) atoms. The average molecular weight is 396 g/mol. The van der Waals surface area contributed by atoms with Crippen LogP contribution in [0.2, 0.25) is 0 Å². The summed E-state index contributed by atoms with van der Waals surface area (Å²) in [5.74, 6) is 0.523. The van der Waals surface area contributed by atoms with Gasteiger partial charge < -0.3 is 15.0 Å². The highest BCUT2D eigenvalue weighted by Crippen LogP contribution is 2.48. The second kappa shape index (κ2) is 7.77. The zero-order valence-electron chi connectivity index (χ0n) is 17.5. The fourth-order valence-electron chi connectivity index (χ4n) is 6.12. The maximum atomic E-state index is 12.3. The number of carbonyl (C=O) groups is 1. The van der Waals surface area contributed by atoms with Gasteiger partial charge in [0, 0.05) is 42.2 Å². The van der Waals surface area contributed by atoms with Crippen LogP contribution in [-0.4, -0.2) is 54.2 Å². The number of nitrogens with zero attached hydrogens (tertiary/aromatic N) is 1. The van der Waals surface area contributed by atoms with E-state index < -0.39 is 0 Å². The Morgan fingerprint density at radius 2 is 2.07 bits per heavy atom. The van der Waals surface area contributed by atoms with Gasteiger partial charge in [-0.2, -0.15) is 0 Å². The number of aromatic nitrogens is 1. The Morgan fingerprint density at radius 1 is 1.24 bits per heavy atom. The third-order valence-electron chi connectivity index (χ3n) is 7.58. The third kappa shape index (κ3) is 3.49. The maximum absolute atomic E-state index is 12.3. The Kier molecular flexibility index (Phi) is 5.12. The Morgan fingerprint density at radius 3 is 2.83 bits per heavy atom. The van der Waals surface area contributed by atoms with Gasteiger partial charge in [-0.1, -0.05) is 18.2 Å². The van der Waals surface area contributed by atoms with Crippen molar-refractivity contribution in [3.05, 3.63) is 35.5 Å². The second-order valence-corrected chi connectivity index (χ2v) is 9.21. The molecule has 3 aliphatic rings. The van der Waals surface area contributed by atoms with Crippen LogP contribution in [0.4, 0.5) is 0 Å². The molecule has 156 valence electrons. The molecule has 3 unspecified atom stereocenters. The Hall–Kier alpha value is -1.85. The van der Waals surface area contributed by atoms with E-state index in [1.54, 1.807) is 7.05 Å². The smallest absolute Gasteiger partial charge is 0.224 e. The Bertz CT molecular complexity index is 877. The maximum Gasteiger partial charge on any atom is 0.224 e. The minimum atomic E-state index is 0.0835. The first kappa shape index (κ1) is 19.1. The van der Waals surface area contributed by atoms with Crippen molar-refractivity contribution in [3.8, 4) is 0 Å². The molecule has 1 aliphatic carbocycles. The molecular weight excluding hydrogens is 362 g/mol. The van der Waals surface area contributed by atoms with Crippen LogP contribution in [0.15, 0.2) is 24.3 Å². The van der Waals surface area contributed by atoms with Gasteiger partial charge in [-0.05, 0) is 69.7 Å². The van der Waals surface area contributed by atoms with Crippen molar-refractivity contribution in [2.75, 3.05) is 26.7 Å². The van der Waals surface area contributed by atoms with Crippen LogP contribution in [-0.2, 0) is 16.0 Å². The topological polar surface area (TPSA) is 57.4 Å². The number of carbonyl (C=O) groups excluding carboxylic acids is 1. The normalized spacial score (nSPS) is 30.4. The fourth-order valence-corrected chi connectivity index (χ4v) is 6.12. The summed E-state index contributed by atoms with van der Waals surface area (Å²) in [6.45, 7) is 3.32. The second-order valence-electron chi connectivity index (χ2n) is 9.21. The summed E-state index contributed by atoms with van der Waals surface area (Å²) >= 11 is 0. The van der Waals surface area contributed by atoms with Gasteiger partial charge in [0.2, 0.25) is 5.91 Å². The molecule has 2 aromatic rings. The number of amides is 1. The first-order valence-corrected chi connectivity index (χ1v) is 11.4. The molecule has 1 aromatic heterocycles. The van der Waals surface area contributed by atoms with Gasteiger partial charge in [0.25, 0.3) is 0 Å². The summed E-state index contributed by atoms with van der Waals surface area (Å²) in [4.78, 5) is 18.8.